The summed E-state index contributed by atoms with van der Waals surface area (Å²) in [5, 5.41) is 44.3. The quantitative estimate of drug-likeness (QED) is 0.219. The van der Waals surface area contributed by atoms with Gasteiger partial charge >= 0.3 is 30.8 Å². The number of hydrogen-bond acceptors (Lipinski definition) is 7. The van der Waals surface area contributed by atoms with Crippen molar-refractivity contribution in [2.24, 2.45) is 0 Å². The number of benzene rings is 2. The van der Waals surface area contributed by atoms with Crippen molar-refractivity contribution in [3.63, 3.8) is 0 Å². The summed E-state index contributed by atoms with van der Waals surface area (Å²) in [4.78, 5) is 21.0. The third kappa shape index (κ3) is 9.83. The van der Waals surface area contributed by atoms with Crippen molar-refractivity contribution >= 4 is 29.3 Å². The Bertz CT molecular complexity index is 773. The van der Waals surface area contributed by atoms with Crippen LogP contribution < -0.4 is 18.9 Å². The van der Waals surface area contributed by atoms with Gasteiger partial charge in [-0.1, -0.05) is 12.1 Å². The van der Waals surface area contributed by atoms with Crippen LogP contribution >= 0.6 is 0 Å². The molecular weight excluding hydrogens is 366 g/mol. The molecule has 27 heavy (non-hydrogen) atoms. The molecule has 0 atom stereocenters. The van der Waals surface area contributed by atoms with Crippen LogP contribution in [0.3, 0.4) is 0 Å². The van der Waals surface area contributed by atoms with Crippen LogP contribution in [0.25, 0.3) is 0 Å². The van der Waals surface area contributed by atoms with E-state index in [1.165, 1.54) is 37.4 Å². The predicted molar refractivity (Wildman–Crippen MR) is 97.7 cm³/mol. The molecule has 0 saturated heterocycles. The average Bonchev–Trinajstić information content (AvgIpc) is 2.54. The van der Waals surface area contributed by atoms with Crippen LogP contribution in [0.15, 0.2) is 36.4 Å². The number of rotatable bonds is 4. The fraction of sp³-hybridized carbons (Fsp3) is 0.176. The van der Waals surface area contributed by atoms with E-state index < -0.39 is 5.97 Å². The first-order valence-electron chi connectivity index (χ1n) is 7.03. The second-order valence-electron chi connectivity index (χ2n) is 4.97. The van der Waals surface area contributed by atoms with Crippen molar-refractivity contribution in [1.82, 2.24) is 0 Å². The predicted octanol–water partition coefficient (Wildman–Crippen LogP) is -2.53. The SMILES string of the molecule is COC(=O)Cc1ccc(O)c(O)c1.O=C(O)Cc1ccc(O)c(O)c1.[AlH3].[H-].[Li+]. The first kappa shape index (κ1) is 26.9. The van der Waals surface area contributed by atoms with Gasteiger partial charge < -0.3 is 31.7 Å². The first-order chi connectivity index (χ1) is 11.7. The number of aliphatic carboxylic acids is 1. The minimum atomic E-state index is -0.972. The van der Waals surface area contributed by atoms with E-state index in [9.17, 15) is 9.59 Å². The molecule has 2 aromatic carbocycles. The van der Waals surface area contributed by atoms with Gasteiger partial charge in [-0.3, -0.25) is 9.59 Å². The summed E-state index contributed by atoms with van der Waals surface area (Å²) in [6.07, 6.45) is -0.0713. The maximum absolute atomic E-state index is 10.8. The molecule has 5 N–H and O–H groups in total. The number of phenolic OH excluding ortho intramolecular Hbond substituents is 4. The van der Waals surface area contributed by atoms with E-state index in [1.54, 1.807) is 6.07 Å². The van der Waals surface area contributed by atoms with Gasteiger partial charge in [0.05, 0.1) is 20.0 Å². The van der Waals surface area contributed by atoms with E-state index in [1.807, 2.05) is 0 Å². The van der Waals surface area contributed by atoms with Gasteiger partial charge in [-0.2, -0.15) is 0 Å². The maximum Gasteiger partial charge on any atom is 1.00 e. The number of esters is 1. The number of carboxylic acid groups (broad SMARTS) is 1. The Kier molecular flexibility index (Phi) is 12.9. The molecule has 0 spiro atoms. The Morgan fingerprint density at radius 2 is 1.26 bits per heavy atom. The monoisotopic (exact) mass is 388 g/mol. The maximum atomic E-state index is 10.8. The minimum Gasteiger partial charge on any atom is -1.00 e. The zero-order valence-electron chi connectivity index (χ0n) is 15.3. The molecule has 8 nitrogen and oxygen atoms in total. The number of hydrogen-bond donors (Lipinski definition) is 5. The van der Waals surface area contributed by atoms with Crippen LogP contribution in [0.5, 0.6) is 23.0 Å². The molecule has 2 aromatic rings. The second kappa shape index (κ2) is 13.0. The molecule has 0 saturated carbocycles. The molecule has 0 aromatic heterocycles. The van der Waals surface area contributed by atoms with Crippen molar-refractivity contribution in [2.75, 3.05) is 7.11 Å². The van der Waals surface area contributed by atoms with Crippen LogP contribution in [-0.2, 0) is 27.2 Å². The van der Waals surface area contributed by atoms with Gasteiger partial charge in [-0.05, 0) is 35.4 Å². The topological polar surface area (TPSA) is 145 Å². The number of ether oxygens (including phenoxy) is 1. The van der Waals surface area contributed by atoms with E-state index in [2.05, 4.69) is 4.74 Å². The number of phenols is 4. The van der Waals surface area contributed by atoms with Gasteiger partial charge in [0.25, 0.3) is 0 Å². The van der Waals surface area contributed by atoms with Crippen molar-refractivity contribution < 1.29 is 60.1 Å². The molecule has 2 rings (SSSR count). The molecule has 0 bridgehead atoms. The summed E-state index contributed by atoms with van der Waals surface area (Å²) in [6.45, 7) is 0. The van der Waals surface area contributed by atoms with Crippen molar-refractivity contribution in [2.45, 2.75) is 12.8 Å². The normalized spacial score (nSPS) is 8.93. The molecule has 0 unspecified atom stereocenters. The number of carbonyl (C=O) groups is 2. The summed E-state index contributed by atoms with van der Waals surface area (Å²) in [7, 11) is 1.29. The molecule has 0 aliphatic carbocycles. The summed E-state index contributed by atoms with van der Waals surface area (Å²) >= 11 is 0. The number of methoxy groups -OCH3 is 1. The van der Waals surface area contributed by atoms with Gasteiger partial charge in [0, 0.05) is 0 Å². The van der Waals surface area contributed by atoms with E-state index in [-0.39, 0.29) is 79.5 Å². The van der Waals surface area contributed by atoms with Crippen molar-refractivity contribution in [3.05, 3.63) is 47.5 Å². The Hall–Kier alpha value is -2.29. The average molecular weight is 388 g/mol. The summed E-state index contributed by atoms with van der Waals surface area (Å²) in [5.41, 5.74) is 1.06. The summed E-state index contributed by atoms with van der Waals surface area (Å²) < 4.78 is 4.44. The molecule has 142 valence electrons. The van der Waals surface area contributed by atoms with Gasteiger partial charge in [0.15, 0.2) is 40.4 Å². The smallest absolute Gasteiger partial charge is 1.00 e. The Morgan fingerprint density at radius 3 is 1.59 bits per heavy atom. The molecular formula is C17H22AlLiO8. The fourth-order valence-corrected chi connectivity index (χ4v) is 1.77. The molecule has 0 aliphatic heterocycles. The van der Waals surface area contributed by atoms with Crippen molar-refractivity contribution in [1.29, 1.82) is 0 Å². The molecule has 0 aliphatic rings. The Morgan fingerprint density at radius 1 is 0.852 bits per heavy atom. The molecule has 0 fully saturated rings. The van der Waals surface area contributed by atoms with E-state index in [0.29, 0.717) is 11.1 Å². The van der Waals surface area contributed by atoms with Crippen LogP contribution in [0, 0.1) is 0 Å². The zero-order valence-corrected chi connectivity index (χ0v) is 14.3. The van der Waals surface area contributed by atoms with Gasteiger partial charge in [0.1, 0.15) is 0 Å². The molecule has 0 amide bonds. The van der Waals surface area contributed by atoms with Crippen molar-refractivity contribution in [3.8, 4) is 23.0 Å². The van der Waals surface area contributed by atoms with Crippen LogP contribution in [-0.4, -0.2) is 61.9 Å². The third-order valence-corrected chi connectivity index (χ3v) is 3.01. The first-order valence-corrected chi connectivity index (χ1v) is 7.03. The Balaban J connectivity index is -0.000000404. The van der Waals surface area contributed by atoms with Gasteiger partial charge in [-0.15, -0.1) is 0 Å². The van der Waals surface area contributed by atoms with Crippen LogP contribution in [0.2, 0.25) is 0 Å². The van der Waals surface area contributed by atoms with Gasteiger partial charge in [-0.25, -0.2) is 0 Å². The van der Waals surface area contributed by atoms with E-state index in [0.717, 1.165) is 0 Å². The number of carboxylic acids is 1. The summed E-state index contributed by atoms with van der Waals surface area (Å²) in [6, 6.07) is 8.13. The fourth-order valence-electron chi connectivity index (χ4n) is 1.77. The van der Waals surface area contributed by atoms with Gasteiger partial charge in [0.2, 0.25) is 0 Å². The Labute approximate surface area is 179 Å². The van der Waals surface area contributed by atoms with E-state index >= 15 is 0 Å². The molecule has 0 radical (unpaired) electrons. The van der Waals surface area contributed by atoms with E-state index in [4.69, 9.17) is 25.5 Å². The standard InChI is InChI=1S/C9H10O4.C8H8O4.Al.Li.4H/c1-13-9(12)5-6-2-3-7(10)8(11)4-6;9-6-2-1-5(3-7(6)10)4-8(11)12;;;;;;/h2-4,10-11H,5H2,1H3;1-3,9-10H,4H2,(H,11,12);;;;;;/q;;;+1;;;;-1. The van der Waals surface area contributed by atoms with Crippen LogP contribution in [0.4, 0.5) is 0 Å². The third-order valence-electron chi connectivity index (χ3n) is 3.01. The number of carbonyl (C=O) groups excluding carboxylic acids is 1. The minimum absolute atomic E-state index is 0. The second-order valence-corrected chi connectivity index (χ2v) is 4.97. The molecule has 0 heterocycles. The molecule has 10 heteroatoms. The number of aromatic hydroxyl groups is 4. The zero-order chi connectivity index (χ0) is 19.0. The largest absolute Gasteiger partial charge is 1.00 e. The summed E-state index contributed by atoms with van der Waals surface area (Å²) in [5.74, 6) is -2.34. The van der Waals surface area contributed by atoms with Crippen LogP contribution in [0.1, 0.15) is 12.6 Å².